The maximum atomic E-state index is 12.8. The molecule has 204 valence electrons. The molecule has 4 aromatic rings. The van der Waals surface area contributed by atoms with Gasteiger partial charge in [0.25, 0.3) is 0 Å². The van der Waals surface area contributed by atoms with E-state index >= 15 is 0 Å². The van der Waals surface area contributed by atoms with Crippen molar-refractivity contribution in [2.24, 2.45) is 0 Å². The van der Waals surface area contributed by atoms with Crippen LogP contribution >= 0.6 is 0 Å². The van der Waals surface area contributed by atoms with Crippen molar-refractivity contribution < 1.29 is 36.2 Å². The summed E-state index contributed by atoms with van der Waals surface area (Å²) in [5.41, 5.74) is 0. The maximum Gasteiger partial charge on any atom is 0.206 e. The van der Waals surface area contributed by atoms with E-state index in [0.717, 1.165) is 0 Å². The Labute approximate surface area is 228 Å². The first kappa shape index (κ1) is 28.0. The van der Waals surface area contributed by atoms with Gasteiger partial charge in [-0.1, -0.05) is 0 Å². The lowest BCUT2D eigenvalue weighted by molar-refractivity contribution is 0.266. The van der Waals surface area contributed by atoms with Gasteiger partial charge in [0.05, 0.1) is 39.9 Å². The van der Waals surface area contributed by atoms with Crippen LogP contribution in [0.25, 0.3) is 0 Å². The Morgan fingerprint density at radius 1 is 0.513 bits per heavy atom. The maximum absolute atomic E-state index is 12.8. The van der Waals surface area contributed by atoms with Gasteiger partial charge in [0, 0.05) is 0 Å². The standard InChI is InChI=1S/C29H28O8S2/c1-35-23-6-14-27(15-7-23)39(33,34)29-18-10-25(11-19-29)37-21-3-2-20-36-24-8-16-28(17-9-24)38(31,32)26-12-4-22(30)5-13-26/h4-19,30H,2-3,20-21H2,1H3. The normalized spacial score (nSPS) is 11.6. The van der Waals surface area contributed by atoms with Crippen molar-refractivity contribution in [3.05, 3.63) is 97.1 Å². The number of sulfone groups is 2. The monoisotopic (exact) mass is 568 g/mol. The highest BCUT2D eigenvalue weighted by molar-refractivity contribution is 7.91. The SMILES string of the molecule is COc1ccc(S(=O)(=O)c2ccc(OCCCCOc3ccc(S(=O)(=O)c4ccc(O)cc4)cc3)cc2)cc1. The number of phenols is 1. The van der Waals surface area contributed by atoms with E-state index in [9.17, 15) is 21.9 Å². The number of ether oxygens (including phenoxy) is 3. The van der Waals surface area contributed by atoms with Gasteiger partial charge in [-0.3, -0.25) is 0 Å². The summed E-state index contributed by atoms with van der Waals surface area (Å²) in [6.07, 6.45) is 1.41. The lowest BCUT2D eigenvalue weighted by Crippen LogP contribution is -2.04. The molecule has 0 spiro atoms. The molecule has 0 aliphatic carbocycles. The summed E-state index contributed by atoms with van der Waals surface area (Å²) in [5.74, 6) is 1.69. The molecule has 0 radical (unpaired) electrons. The van der Waals surface area contributed by atoms with Crippen molar-refractivity contribution in [1.29, 1.82) is 0 Å². The van der Waals surface area contributed by atoms with Crippen LogP contribution in [0.15, 0.2) is 117 Å². The van der Waals surface area contributed by atoms with E-state index < -0.39 is 19.7 Å². The van der Waals surface area contributed by atoms with Gasteiger partial charge in [-0.15, -0.1) is 0 Å². The molecule has 0 aromatic heterocycles. The molecular weight excluding hydrogens is 540 g/mol. The quantitative estimate of drug-likeness (QED) is 0.229. The van der Waals surface area contributed by atoms with E-state index in [2.05, 4.69) is 0 Å². The van der Waals surface area contributed by atoms with Crippen LogP contribution in [0.3, 0.4) is 0 Å². The van der Waals surface area contributed by atoms with Crippen LogP contribution in [-0.2, 0) is 19.7 Å². The van der Waals surface area contributed by atoms with Crippen LogP contribution in [0.1, 0.15) is 12.8 Å². The lowest BCUT2D eigenvalue weighted by atomic mass is 10.3. The summed E-state index contributed by atoms with van der Waals surface area (Å²) < 4.78 is 67.5. The van der Waals surface area contributed by atoms with E-state index in [0.29, 0.717) is 43.3 Å². The van der Waals surface area contributed by atoms with Gasteiger partial charge in [-0.05, 0) is 110 Å². The second kappa shape index (κ2) is 12.2. The van der Waals surface area contributed by atoms with Gasteiger partial charge in [0.2, 0.25) is 19.7 Å². The number of hydrogen-bond donors (Lipinski definition) is 1. The zero-order valence-corrected chi connectivity index (χ0v) is 22.8. The Hall–Kier alpha value is -4.02. The van der Waals surface area contributed by atoms with Gasteiger partial charge in [-0.2, -0.15) is 0 Å². The first-order valence-electron chi connectivity index (χ1n) is 12.1. The fraction of sp³-hybridized carbons (Fsp3) is 0.172. The molecule has 0 atom stereocenters. The largest absolute Gasteiger partial charge is 0.508 e. The van der Waals surface area contributed by atoms with Crippen molar-refractivity contribution in [3.63, 3.8) is 0 Å². The minimum atomic E-state index is -3.68. The van der Waals surface area contributed by atoms with Crippen molar-refractivity contribution in [2.45, 2.75) is 32.4 Å². The van der Waals surface area contributed by atoms with Crippen molar-refractivity contribution in [1.82, 2.24) is 0 Å². The summed E-state index contributed by atoms with van der Waals surface area (Å²) in [4.78, 5) is 0.597. The van der Waals surface area contributed by atoms with Gasteiger partial charge < -0.3 is 19.3 Å². The minimum absolute atomic E-state index is 0.00258. The third kappa shape index (κ3) is 6.90. The molecule has 8 nitrogen and oxygen atoms in total. The molecule has 0 amide bonds. The highest BCUT2D eigenvalue weighted by Gasteiger charge is 2.18. The van der Waals surface area contributed by atoms with Gasteiger partial charge in [0.1, 0.15) is 23.0 Å². The topological polar surface area (TPSA) is 116 Å². The first-order chi connectivity index (χ1) is 18.7. The molecule has 0 aliphatic rings. The number of hydrogen-bond acceptors (Lipinski definition) is 8. The second-order valence-corrected chi connectivity index (χ2v) is 12.4. The summed E-state index contributed by atoms with van der Waals surface area (Å²) >= 11 is 0. The number of rotatable bonds is 12. The molecule has 0 fully saturated rings. The zero-order valence-electron chi connectivity index (χ0n) is 21.2. The average molecular weight is 569 g/mol. The summed E-state index contributed by atoms with van der Waals surface area (Å²) in [5, 5.41) is 9.37. The molecule has 0 aliphatic heterocycles. The Bertz CT molecular complexity index is 1580. The van der Waals surface area contributed by atoms with Crippen LogP contribution in [0.5, 0.6) is 23.0 Å². The molecular formula is C29H28O8S2. The van der Waals surface area contributed by atoms with E-state index in [4.69, 9.17) is 14.2 Å². The third-order valence-electron chi connectivity index (χ3n) is 5.86. The molecule has 0 saturated heterocycles. The van der Waals surface area contributed by atoms with Gasteiger partial charge in [0.15, 0.2) is 0 Å². The predicted octanol–water partition coefficient (Wildman–Crippen LogP) is 5.30. The molecule has 39 heavy (non-hydrogen) atoms. The molecule has 0 heterocycles. The molecule has 10 heteroatoms. The average Bonchev–Trinajstić information content (AvgIpc) is 2.95. The highest BCUT2D eigenvalue weighted by atomic mass is 32.2. The van der Waals surface area contributed by atoms with Crippen molar-refractivity contribution in [3.8, 4) is 23.0 Å². The number of phenolic OH excluding ortho intramolecular Hbond substituents is 1. The van der Waals surface area contributed by atoms with E-state index in [-0.39, 0.29) is 25.3 Å². The fourth-order valence-electron chi connectivity index (χ4n) is 3.67. The lowest BCUT2D eigenvalue weighted by Gasteiger charge is -2.10. The van der Waals surface area contributed by atoms with E-state index in [1.807, 2.05) is 0 Å². The van der Waals surface area contributed by atoms with Crippen LogP contribution in [0, 0.1) is 0 Å². The smallest absolute Gasteiger partial charge is 0.206 e. The summed E-state index contributed by atoms with van der Waals surface area (Å²) in [7, 11) is -5.80. The molecule has 0 bridgehead atoms. The van der Waals surface area contributed by atoms with Crippen LogP contribution in [0.2, 0.25) is 0 Å². The van der Waals surface area contributed by atoms with Crippen molar-refractivity contribution in [2.75, 3.05) is 20.3 Å². The minimum Gasteiger partial charge on any atom is -0.508 e. The van der Waals surface area contributed by atoms with Crippen molar-refractivity contribution >= 4 is 19.7 Å². The number of methoxy groups -OCH3 is 1. The molecule has 4 aromatic carbocycles. The highest BCUT2D eigenvalue weighted by Crippen LogP contribution is 2.26. The Morgan fingerprint density at radius 3 is 1.15 bits per heavy atom. The van der Waals surface area contributed by atoms with Gasteiger partial charge in [-0.25, -0.2) is 16.8 Å². The van der Waals surface area contributed by atoms with E-state index in [1.165, 1.54) is 67.8 Å². The van der Waals surface area contributed by atoms with Crippen LogP contribution < -0.4 is 14.2 Å². The third-order valence-corrected chi connectivity index (χ3v) is 9.43. The zero-order chi connectivity index (χ0) is 27.9. The number of aromatic hydroxyl groups is 1. The molecule has 1 N–H and O–H groups in total. The molecule has 0 unspecified atom stereocenters. The Balaban J connectivity index is 1.21. The number of unbranched alkanes of at least 4 members (excludes halogenated alkanes) is 1. The summed E-state index contributed by atoms with van der Waals surface area (Å²) in [6.45, 7) is 0.851. The van der Waals surface area contributed by atoms with Crippen LogP contribution in [0.4, 0.5) is 0 Å². The second-order valence-electron chi connectivity index (χ2n) is 8.52. The van der Waals surface area contributed by atoms with Gasteiger partial charge >= 0.3 is 0 Å². The Kier molecular flexibility index (Phi) is 8.78. The predicted molar refractivity (Wildman–Crippen MR) is 145 cm³/mol. The molecule has 0 saturated carbocycles. The van der Waals surface area contributed by atoms with E-state index in [1.54, 1.807) is 36.4 Å². The number of benzene rings is 4. The summed E-state index contributed by atoms with van der Waals surface area (Å²) in [6, 6.07) is 24.1. The first-order valence-corrected chi connectivity index (χ1v) is 15.1. The van der Waals surface area contributed by atoms with Crippen LogP contribution in [-0.4, -0.2) is 42.3 Å². The molecule has 4 rings (SSSR count). The Morgan fingerprint density at radius 2 is 0.821 bits per heavy atom. The fourth-order valence-corrected chi connectivity index (χ4v) is 6.19.